The molecule has 208 valence electrons. The van der Waals surface area contributed by atoms with Gasteiger partial charge in [-0.25, -0.2) is 0 Å². The van der Waals surface area contributed by atoms with Crippen molar-refractivity contribution in [3.8, 4) is 11.3 Å². The largest absolute Gasteiger partial charge is 0.256 e. The summed E-state index contributed by atoms with van der Waals surface area (Å²) in [5.74, 6) is 1.08. The summed E-state index contributed by atoms with van der Waals surface area (Å²) in [5, 5.41) is 1.49. The minimum absolute atomic E-state index is 0.163. The van der Waals surface area contributed by atoms with Gasteiger partial charge in [-0.15, -0.1) is 0 Å². The maximum absolute atomic E-state index is 5.09. The van der Waals surface area contributed by atoms with Crippen LogP contribution in [0.5, 0.6) is 0 Å². The van der Waals surface area contributed by atoms with E-state index in [9.17, 15) is 0 Å². The summed E-state index contributed by atoms with van der Waals surface area (Å²) in [6, 6.07) is 21.0. The van der Waals surface area contributed by atoms with Crippen LogP contribution in [0.15, 0.2) is 60.8 Å². The van der Waals surface area contributed by atoms with E-state index in [4.69, 9.17) is 4.98 Å². The van der Waals surface area contributed by atoms with Crippen molar-refractivity contribution in [1.82, 2.24) is 4.98 Å². The lowest BCUT2D eigenvalue weighted by Crippen LogP contribution is -2.55. The van der Waals surface area contributed by atoms with Crippen molar-refractivity contribution < 1.29 is 0 Å². The summed E-state index contributed by atoms with van der Waals surface area (Å²) < 4.78 is 0. The van der Waals surface area contributed by atoms with E-state index < -0.39 is 8.07 Å². The molecule has 1 heterocycles. The lowest BCUT2D eigenvalue weighted by molar-refractivity contribution is 0.537. The fourth-order valence-corrected chi connectivity index (χ4v) is 8.26. The average Bonchev–Trinajstić information content (AvgIpc) is 2.85. The Morgan fingerprint density at radius 2 is 1.18 bits per heavy atom. The number of hydrogen-bond acceptors (Lipinski definition) is 1. The molecule has 4 rings (SSSR count). The molecule has 0 bridgehead atoms. The summed E-state index contributed by atoms with van der Waals surface area (Å²) in [6.45, 7) is 28.0. The second kappa shape index (κ2) is 11.5. The van der Waals surface area contributed by atoms with E-state index >= 15 is 0 Å². The normalized spacial score (nSPS) is 12.6. The number of rotatable bonds is 7. The summed E-state index contributed by atoms with van der Waals surface area (Å²) in [7, 11) is -1.52. The quantitative estimate of drug-likeness (QED) is 0.220. The Morgan fingerprint density at radius 1 is 0.675 bits per heavy atom. The number of hydrogen-bond donors (Lipinski definition) is 0. The zero-order chi connectivity index (χ0) is 29.5. The molecular weight excluding hydrogens is 497 g/mol. The Bertz CT molecular complexity index is 1440. The zero-order valence-electron chi connectivity index (χ0n) is 27.0. The van der Waals surface area contributed by atoms with Crippen LogP contribution in [-0.2, 0) is 0 Å². The molecule has 0 aliphatic heterocycles. The van der Waals surface area contributed by atoms with Crippen LogP contribution in [-0.4, -0.2) is 19.8 Å². The van der Waals surface area contributed by atoms with E-state index in [0.29, 0.717) is 11.8 Å². The van der Waals surface area contributed by atoms with Crippen LogP contribution in [0, 0.1) is 47.5 Å². The first-order valence-electron chi connectivity index (χ1n) is 14.9. The average molecular weight is 546 g/mol. The van der Waals surface area contributed by atoms with E-state index in [-0.39, 0.29) is 6.71 Å². The van der Waals surface area contributed by atoms with Gasteiger partial charge in [-0.1, -0.05) is 139 Å². The highest BCUT2D eigenvalue weighted by atomic mass is 28.3. The molecule has 0 saturated heterocycles. The Balaban J connectivity index is 1.96. The molecule has 0 amide bonds. The molecule has 3 heteroatoms. The van der Waals surface area contributed by atoms with Crippen molar-refractivity contribution in [3.05, 3.63) is 99.7 Å². The van der Waals surface area contributed by atoms with Crippen LogP contribution in [0.1, 0.15) is 65.6 Å². The molecular formula is C37H48BNSi. The first-order chi connectivity index (χ1) is 18.7. The Hall–Kier alpha value is -2.91. The number of benzene rings is 3. The monoisotopic (exact) mass is 545 g/mol. The molecule has 0 saturated carbocycles. The zero-order valence-corrected chi connectivity index (χ0v) is 28.0. The van der Waals surface area contributed by atoms with Gasteiger partial charge in [0.15, 0.2) is 0 Å². The summed E-state index contributed by atoms with van der Waals surface area (Å²) in [5.41, 5.74) is 16.0. The summed E-state index contributed by atoms with van der Waals surface area (Å²) in [4.78, 5) is 5.09. The molecule has 0 fully saturated rings. The second-order valence-electron chi connectivity index (χ2n) is 13.6. The Kier molecular flexibility index (Phi) is 8.66. The first-order valence-corrected chi connectivity index (χ1v) is 18.4. The molecule has 1 nitrogen and oxygen atoms in total. The van der Waals surface area contributed by atoms with Crippen LogP contribution >= 0.6 is 0 Å². The molecule has 0 N–H and O–H groups in total. The molecule has 0 spiro atoms. The Labute approximate surface area is 245 Å². The maximum atomic E-state index is 5.09. The minimum Gasteiger partial charge on any atom is -0.256 e. The van der Waals surface area contributed by atoms with Crippen LogP contribution in [0.2, 0.25) is 19.6 Å². The van der Waals surface area contributed by atoms with Crippen LogP contribution < -0.4 is 21.6 Å². The molecule has 1 aromatic heterocycles. The molecule has 4 aromatic rings. The van der Waals surface area contributed by atoms with E-state index in [1.54, 1.807) is 0 Å². The van der Waals surface area contributed by atoms with E-state index in [0.717, 1.165) is 5.69 Å². The highest BCUT2D eigenvalue weighted by molar-refractivity contribution is 6.96. The highest BCUT2D eigenvalue weighted by Crippen LogP contribution is 2.27. The van der Waals surface area contributed by atoms with Crippen molar-refractivity contribution in [3.63, 3.8) is 0 Å². The van der Waals surface area contributed by atoms with Crippen molar-refractivity contribution in [2.24, 2.45) is 5.92 Å². The fraction of sp³-hybridized carbons (Fsp3) is 0.378. The van der Waals surface area contributed by atoms with E-state index in [2.05, 4.69) is 143 Å². The molecule has 1 atom stereocenters. The van der Waals surface area contributed by atoms with Gasteiger partial charge in [0.2, 0.25) is 6.71 Å². The van der Waals surface area contributed by atoms with Gasteiger partial charge >= 0.3 is 0 Å². The van der Waals surface area contributed by atoms with Gasteiger partial charge in [-0.3, -0.25) is 4.98 Å². The van der Waals surface area contributed by atoms with Gasteiger partial charge in [-0.05, 0) is 75.8 Å². The van der Waals surface area contributed by atoms with Gasteiger partial charge in [0, 0.05) is 6.20 Å². The minimum atomic E-state index is -1.52. The number of aryl methyl sites for hydroxylation is 6. The third-order valence-electron chi connectivity index (χ3n) is 8.80. The predicted octanol–water partition coefficient (Wildman–Crippen LogP) is 7.42. The van der Waals surface area contributed by atoms with Crippen LogP contribution in [0.4, 0.5) is 0 Å². The molecule has 40 heavy (non-hydrogen) atoms. The van der Waals surface area contributed by atoms with Crippen LogP contribution in [0.3, 0.4) is 0 Å². The SMILES string of the molecule is Cc1cc(C)c(B(c2cccc(-c3cc(C(C)C(C)C)c([Si](C)(C)C)cn3)c2)c2c(C)cc(C)cc2C)c(C)c1. The fourth-order valence-electron chi connectivity index (χ4n) is 6.64. The second-order valence-corrected chi connectivity index (χ2v) is 18.7. The maximum Gasteiger partial charge on any atom is 0.242 e. The molecule has 0 aliphatic rings. The number of aromatic nitrogens is 1. The van der Waals surface area contributed by atoms with Gasteiger partial charge in [0.05, 0.1) is 13.8 Å². The highest BCUT2D eigenvalue weighted by Gasteiger charge is 2.29. The lowest BCUT2D eigenvalue weighted by Gasteiger charge is -2.27. The van der Waals surface area contributed by atoms with Gasteiger partial charge in [0.25, 0.3) is 0 Å². The first kappa shape index (κ1) is 30.1. The summed E-state index contributed by atoms with van der Waals surface area (Å²) in [6.07, 6.45) is 2.20. The number of nitrogens with zero attached hydrogens (tertiary/aromatic N) is 1. The molecule has 1 unspecified atom stereocenters. The predicted molar refractivity (Wildman–Crippen MR) is 182 cm³/mol. The van der Waals surface area contributed by atoms with Crippen molar-refractivity contribution in [2.45, 2.75) is 87.9 Å². The topological polar surface area (TPSA) is 12.9 Å². The van der Waals surface area contributed by atoms with Gasteiger partial charge < -0.3 is 0 Å². The standard InChI is InChI=1S/C37H48BNSi/c1-23(2)30(9)33-21-34(39-22-35(33)40(10,11)12)31-14-13-15-32(20-31)38(36-26(5)16-24(3)17-27(36)6)37-28(7)18-25(4)19-29(37)8/h13-23,30H,1-12H3. The van der Waals surface area contributed by atoms with Crippen molar-refractivity contribution in [1.29, 1.82) is 0 Å². The third kappa shape index (κ3) is 6.05. The van der Waals surface area contributed by atoms with Crippen molar-refractivity contribution >= 4 is 36.4 Å². The Morgan fingerprint density at radius 3 is 1.62 bits per heavy atom. The van der Waals surface area contributed by atoms with Gasteiger partial charge in [-0.2, -0.15) is 0 Å². The van der Waals surface area contributed by atoms with E-state index in [1.165, 1.54) is 66.1 Å². The summed E-state index contributed by atoms with van der Waals surface area (Å²) >= 11 is 0. The molecule has 0 radical (unpaired) electrons. The van der Waals surface area contributed by atoms with Crippen LogP contribution in [0.25, 0.3) is 11.3 Å². The van der Waals surface area contributed by atoms with Crippen molar-refractivity contribution in [2.75, 3.05) is 0 Å². The molecule has 0 aliphatic carbocycles. The van der Waals surface area contributed by atoms with Gasteiger partial charge in [0.1, 0.15) is 0 Å². The van der Waals surface area contributed by atoms with E-state index in [1.807, 2.05) is 0 Å². The third-order valence-corrected chi connectivity index (χ3v) is 10.8. The smallest absolute Gasteiger partial charge is 0.242 e. The number of pyridine rings is 1. The lowest BCUT2D eigenvalue weighted by atomic mass is 9.34. The molecule has 3 aromatic carbocycles.